The number of fused-ring (bicyclic) bond motifs is 1. The Morgan fingerprint density at radius 3 is 3.07 bits per heavy atom. The third kappa shape index (κ3) is 1.20. The third-order valence-electron chi connectivity index (χ3n) is 1.67. The van der Waals surface area contributed by atoms with Crippen LogP contribution in [0, 0.1) is 0 Å². The molecule has 0 amide bonds. The minimum Gasteiger partial charge on any atom is -0.465 e. The molecule has 14 heavy (non-hydrogen) atoms. The van der Waals surface area contributed by atoms with E-state index < -0.39 is 5.97 Å². The fourth-order valence-electron chi connectivity index (χ4n) is 1.04. The first-order chi connectivity index (χ1) is 6.74. The van der Waals surface area contributed by atoms with Crippen LogP contribution in [0.5, 0.6) is 0 Å². The molecule has 2 aromatic rings. The molecule has 6 nitrogen and oxygen atoms in total. The van der Waals surface area contributed by atoms with Gasteiger partial charge in [0.15, 0.2) is 5.65 Å². The highest BCUT2D eigenvalue weighted by molar-refractivity contribution is 6.28. The summed E-state index contributed by atoms with van der Waals surface area (Å²) in [7, 11) is 1.29. The van der Waals surface area contributed by atoms with Crippen molar-refractivity contribution in [2.75, 3.05) is 7.11 Å². The fraction of sp³-hybridized carbons (Fsp3) is 0.143. The van der Waals surface area contributed by atoms with Crippen molar-refractivity contribution in [2.24, 2.45) is 0 Å². The van der Waals surface area contributed by atoms with E-state index in [2.05, 4.69) is 19.8 Å². The van der Waals surface area contributed by atoms with E-state index in [1.165, 1.54) is 24.1 Å². The Morgan fingerprint density at radius 2 is 2.36 bits per heavy atom. The third-order valence-corrected chi connectivity index (χ3v) is 1.93. The van der Waals surface area contributed by atoms with Gasteiger partial charge in [-0.05, 0) is 11.6 Å². The molecule has 0 bridgehead atoms. The number of ether oxygens (including phenoxy) is 1. The van der Waals surface area contributed by atoms with E-state index in [0.29, 0.717) is 5.65 Å². The molecule has 0 aliphatic rings. The second kappa shape index (κ2) is 3.22. The lowest BCUT2D eigenvalue weighted by atomic mass is 10.3. The Labute approximate surface area is 83.5 Å². The van der Waals surface area contributed by atoms with Gasteiger partial charge in [0.1, 0.15) is 11.9 Å². The molecule has 0 saturated carbocycles. The largest absolute Gasteiger partial charge is 0.465 e. The van der Waals surface area contributed by atoms with Crippen LogP contribution < -0.4 is 0 Å². The molecule has 0 atom stereocenters. The van der Waals surface area contributed by atoms with Gasteiger partial charge in [0.2, 0.25) is 5.28 Å². The molecule has 2 rings (SSSR count). The number of esters is 1. The van der Waals surface area contributed by atoms with Crippen molar-refractivity contribution in [1.82, 2.24) is 19.6 Å². The minimum atomic E-state index is -0.505. The summed E-state index contributed by atoms with van der Waals surface area (Å²) in [6.45, 7) is 0. The van der Waals surface area contributed by atoms with Crippen molar-refractivity contribution < 1.29 is 9.53 Å². The highest BCUT2D eigenvalue weighted by Gasteiger charge is 2.15. The van der Waals surface area contributed by atoms with Gasteiger partial charge in [-0.3, -0.25) is 0 Å². The molecule has 0 aliphatic heterocycles. The van der Waals surface area contributed by atoms with Crippen LogP contribution >= 0.6 is 11.6 Å². The molecule has 0 unspecified atom stereocenters. The number of rotatable bonds is 1. The van der Waals surface area contributed by atoms with Crippen LogP contribution in [0.25, 0.3) is 5.65 Å². The Bertz CT molecular complexity index is 495. The number of carbonyl (C=O) groups is 1. The summed E-state index contributed by atoms with van der Waals surface area (Å²) < 4.78 is 5.80. The van der Waals surface area contributed by atoms with Gasteiger partial charge in [0.25, 0.3) is 0 Å². The highest BCUT2D eigenvalue weighted by Crippen LogP contribution is 2.11. The van der Waals surface area contributed by atoms with Crippen LogP contribution in [0.1, 0.15) is 10.4 Å². The molecule has 0 N–H and O–H groups in total. The standard InChI is InChI=1S/C7H5ClN4O2/c1-14-6(13)4-2-11-12-5(4)9-3-10-7(12)8/h2-3H,1H3. The smallest absolute Gasteiger partial charge is 0.343 e. The first kappa shape index (κ1) is 8.89. The molecule has 2 aromatic heterocycles. The number of nitrogens with zero attached hydrogens (tertiary/aromatic N) is 4. The van der Waals surface area contributed by atoms with E-state index in [4.69, 9.17) is 11.6 Å². The van der Waals surface area contributed by atoms with Crippen molar-refractivity contribution in [3.8, 4) is 0 Å². The summed E-state index contributed by atoms with van der Waals surface area (Å²) in [6.07, 6.45) is 2.59. The summed E-state index contributed by atoms with van der Waals surface area (Å²) in [4.78, 5) is 18.8. The number of carbonyl (C=O) groups excluding carboxylic acids is 1. The summed E-state index contributed by atoms with van der Waals surface area (Å²) >= 11 is 5.72. The van der Waals surface area contributed by atoms with Gasteiger partial charge in [-0.15, -0.1) is 0 Å². The number of hydrogen-bond acceptors (Lipinski definition) is 5. The van der Waals surface area contributed by atoms with Crippen LogP contribution in [-0.4, -0.2) is 32.7 Å². The summed E-state index contributed by atoms with van der Waals surface area (Å²) in [6, 6.07) is 0. The van der Waals surface area contributed by atoms with E-state index in [0.717, 1.165) is 0 Å². The average Bonchev–Trinajstić information content (AvgIpc) is 2.62. The SMILES string of the molecule is COC(=O)c1cnn2c(Cl)ncnc12. The van der Waals surface area contributed by atoms with Gasteiger partial charge >= 0.3 is 5.97 Å². The quantitative estimate of drug-likeness (QED) is 0.647. The molecule has 0 radical (unpaired) electrons. The monoisotopic (exact) mass is 212 g/mol. The fourth-order valence-corrected chi connectivity index (χ4v) is 1.21. The molecule has 72 valence electrons. The van der Waals surface area contributed by atoms with Crippen LogP contribution in [0.15, 0.2) is 12.5 Å². The van der Waals surface area contributed by atoms with Crippen molar-refractivity contribution >= 4 is 23.2 Å². The number of methoxy groups -OCH3 is 1. The summed E-state index contributed by atoms with van der Waals surface area (Å²) in [5.74, 6) is -0.505. The van der Waals surface area contributed by atoms with Gasteiger partial charge in [-0.1, -0.05) is 0 Å². The molecular formula is C7H5ClN4O2. The highest BCUT2D eigenvalue weighted by atomic mass is 35.5. The molecule has 7 heteroatoms. The Kier molecular flexibility index (Phi) is 2.05. The minimum absolute atomic E-state index is 0.144. The van der Waals surface area contributed by atoms with E-state index in [9.17, 15) is 4.79 Å². The Hall–Kier alpha value is -1.69. The maximum Gasteiger partial charge on any atom is 0.343 e. The molecule has 2 heterocycles. The normalized spacial score (nSPS) is 10.4. The van der Waals surface area contributed by atoms with Gasteiger partial charge in [-0.25, -0.2) is 14.8 Å². The predicted octanol–water partition coefficient (Wildman–Crippen LogP) is 0.564. The molecule has 0 aliphatic carbocycles. The Balaban J connectivity index is 2.70. The van der Waals surface area contributed by atoms with Gasteiger partial charge < -0.3 is 4.74 Å². The zero-order valence-corrected chi connectivity index (χ0v) is 7.89. The maximum atomic E-state index is 11.2. The van der Waals surface area contributed by atoms with Crippen LogP contribution in [0.4, 0.5) is 0 Å². The van der Waals surface area contributed by atoms with E-state index >= 15 is 0 Å². The van der Waals surface area contributed by atoms with E-state index in [-0.39, 0.29) is 10.8 Å². The van der Waals surface area contributed by atoms with Crippen molar-refractivity contribution in [3.63, 3.8) is 0 Å². The van der Waals surface area contributed by atoms with Gasteiger partial charge in [-0.2, -0.15) is 9.61 Å². The first-order valence-corrected chi connectivity index (χ1v) is 4.04. The molecule has 0 fully saturated rings. The van der Waals surface area contributed by atoms with E-state index in [1.807, 2.05) is 0 Å². The van der Waals surface area contributed by atoms with E-state index in [1.54, 1.807) is 0 Å². The topological polar surface area (TPSA) is 69.4 Å². The van der Waals surface area contributed by atoms with Crippen LogP contribution in [-0.2, 0) is 4.74 Å². The van der Waals surface area contributed by atoms with Gasteiger partial charge in [0, 0.05) is 0 Å². The zero-order chi connectivity index (χ0) is 10.1. The lowest BCUT2D eigenvalue weighted by molar-refractivity contribution is 0.0602. The zero-order valence-electron chi connectivity index (χ0n) is 7.14. The molecule has 0 saturated heterocycles. The Morgan fingerprint density at radius 1 is 1.57 bits per heavy atom. The average molecular weight is 213 g/mol. The van der Waals surface area contributed by atoms with Crippen LogP contribution in [0.2, 0.25) is 5.28 Å². The van der Waals surface area contributed by atoms with Crippen molar-refractivity contribution in [2.45, 2.75) is 0 Å². The maximum absolute atomic E-state index is 11.2. The number of hydrogen-bond donors (Lipinski definition) is 0. The predicted molar refractivity (Wildman–Crippen MR) is 47.1 cm³/mol. The second-order valence-corrected chi connectivity index (χ2v) is 2.77. The lowest BCUT2D eigenvalue weighted by Crippen LogP contribution is -2.02. The number of aromatic nitrogens is 4. The van der Waals surface area contributed by atoms with Gasteiger partial charge in [0.05, 0.1) is 13.3 Å². The number of halogens is 1. The lowest BCUT2D eigenvalue weighted by Gasteiger charge is -1.96. The molecular weight excluding hydrogens is 208 g/mol. The summed E-state index contributed by atoms with van der Waals surface area (Å²) in [5, 5.41) is 3.99. The van der Waals surface area contributed by atoms with Crippen molar-refractivity contribution in [1.29, 1.82) is 0 Å². The van der Waals surface area contributed by atoms with Crippen molar-refractivity contribution in [3.05, 3.63) is 23.4 Å². The molecule has 0 spiro atoms. The van der Waals surface area contributed by atoms with Crippen LogP contribution in [0.3, 0.4) is 0 Å². The second-order valence-electron chi connectivity index (χ2n) is 2.43. The first-order valence-electron chi connectivity index (χ1n) is 3.66. The molecule has 0 aromatic carbocycles. The summed E-state index contributed by atoms with van der Waals surface area (Å²) in [5.41, 5.74) is 0.591.